The van der Waals surface area contributed by atoms with Gasteiger partial charge >= 0.3 is 0 Å². The molecule has 1 aromatic rings. The zero-order chi connectivity index (χ0) is 14.8. The number of nitro benzene ring substituents is 1. The summed E-state index contributed by atoms with van der Waals surface area (Å²) in [6.07, 6.45) is 2.41. The van der Waals surface area contributed by atoms with Crippen molar-refractivity contribution in [3.05, 3.63) is 39.9 Å². The predicted octanol–water partition coefficient (Wildman–Crippen LogP) is 1.38. The minimum atomic E-state index is -0.456. The van der Waals surface area contributed by atoms with Gasteiger partial charge in [-0.3, -0.25) is 14.9 Å². The first-order valence-corrected chi connectivity index (χ1v) is 6.69. The van der Waals surface area contributed by atoms with E-state index < -0.39 is 4.92 Å². The van der Waals surface area contributed by atoms with Crippen LogP contribution in [0, 0.1) is 16.0 Å². The smallest absolute Gasteiger partial charge is 0.269 e. The van der Waals surface area contributed by atoms with Crippen molar-refractivity contribution in [2.45, 2.75) is 31.7 Å². The molecular weight excluding hydrogens is 258 g/mol. The van der Waals surface area contributed by atoms with E-state index in [1.54, 1.807) is 12.1 Å². The molecule has 1 unspecified atom stereocenters. The minimum absolute atomic E-state index is 0.0268. The van der Waals surface area contributed by atoms with E-state index in [4.69, 9.17) is 5.73 Å². The van der Waals surface area contributed by atoms with Crippen LogP contribution in [-0.2, 0) is 11.2 Å². The molecule has 108 valence electrons. The Bertz CT molecular complexity index is 511. The molecule has 1 saturated carbocycles. The fourth-order valence-corrected chi connectivity index (χ4v) is 2.32. The first-order valence-electron chi connectivity index (χ1n) is 6.69. The van der Waals surface area contributed by atoms with Crippen molar-refractivity contribution in [2.24, 2.45) is 11.7 Å². The molecule has 1 aromatic carbocycles. The van der Waals surface area contributed by atoms with Crippen LogP contribution < -0.4 is 11.1 Å². The molecule has 0 aromatic heterocycles. The van der Waals surface area contributed by atoms with Gasteiger partial charge < -0.3 is 11.1 Å². The summed E-state index contributed by atoms with van der Waals surface area (Å²) in [4.78, 5) is 22.1. The van der Waals surface area contributed by atoms with Gasteiger partial charge in [-0.25, -0.2) is 0 Å². The van der Waals surface area contributed by atoms with Gasteiger partial charge in [0.25, 0.3) is 5.69 Å². The monoisotopic (exact) mass is 277 g/mol. The number of nitrogens with two attached hydrogens (primary N) is 1. The van der Waals surface area contributed by atoms with Crippen LogP contribution in [0.15, 0.2) is 24.3 Å². The summed E-state index contributed by atoms with van der Waals surface area (Å²) in [5, 5.41) is 13.5. The lowest BCUT2D eigenvalue weighted by Crippen LogP contribution is -2.53. The van der Waals surface area contributed by atoms with E-state index in [0.29, 0.717) is 12.5 Å². The van der Waals surface area contributed by atoms with Crippen molar-refractivity contribution in [1.82, 2.24) is 5.32 Å². The maximum Gasteiger partial charge on any atom is 0.269 e. The molecule has 0 heterocycles. The maximum atomic E-state index is 12.0. The molecule has 20 heavy (non-hydrogen) atoms. The van der Waals surface area contributed by atoms with E-state index in [2.05, 4.69) is 5.32 Å². The standard InChI is InChI=1S/C14H19N3O3/c1-14(9-15,11-4-5-11)16-13(18)8-10-2-6-12(7-3-10)17(19)20/h2-3,6-7,11H,4-5,8-9,15H2,1H3,(H,16,18). The molecule has 0 saturated heterocycles. The molecule has 3 N–H and O–H groups in total. The lowest BCUT2D eigenvalue weighted by atomic mass is 9.95. The van der Waals surface area contributed by atoms with E-state index in [0.717, 1.165) is 18.4 Å². The summed E-state index contributed by atoms with van der Waals surface area (Å²) < 4.78 is 0. The van der Waals surface area contributed by atoms with Crippen LogP contribution in [0.1, 0.15) is 25.3 Å². The van der Waals surface area contributed by atoms with Crippen LogP contribution in [0.3, 0.4) is 0 Å². The Kier molecular flexibility index (Phi) is 4.04. The van der Waals surface area contributed by atoms with E-state index >= 15 is 0 Å². The number of carbonyl (C=O) groups is 1. The van der Waals surface area contributed by atoms with Gasteiger partial charge in [0, 0.05) is 18.7 Å². The number of hydrogen-bond acceptors (Lipinski definition) is 4. The van der Waals surface area contributed by atoms with Gasteiger partial charge in [-0.1, -0.05) is 12.1 Å². The number of amides is 1. The average Bonchev–Trinajstić information content (AvgIpc) is 3.23. The third-order valence-electron chi connectivity index (χ3n) is 3.84. The quantitative estimate of drug-likeness (QED) is 0.606. The number of nitrogens with zero attached hydrogens (tertiary/aromatic N) is 1. The number of nitro groups is 1. The topological polar surface area (TPSA) is 98.3 Å². The fraction of sp³-hybridized carbons (Fsp3) is 0.500. The number of nitrogens with one attached hydrogen (secondary N) is 1. The summed E-state index contributed by atoms with van der Waals surface area (Å²) in [7, 11) is 0. The van der Waals surface area contributed by atoms with Crippen LogP contribution >= 0.6 is 0 Å². The van der Waals surface area contributed by atoms with Crippen LogP contribution in [0.2, 0.25) is 0 Å². The van der Waals surface area contributed by atoms with Crippen molar-refractivity contribution in [3.8, 4) is 0 Å². The number of hydrogen-bond donors (Lipinski definition) is 2. The van der Waals surface area contributed by atoms with Gasteiger partial charge in [-0.05, 0) is 31.2 Å². The van der Waals surface area contributed by atoms with E-state index in [9.17, 15) is 14.9 Å². The maximum absolute atomic E-state index is 12.0. The second kappa shape index (κ2) is 5.58. The van der Waals surface area contributed by atoms with Crippen LogP contribution in [0.25, 0.3) is 0 Å². The summed E-state index contributed by atoms with van der Waals surface area (Å²) in [6.45, 7) is 2.39. The van der Waals surface area contributed by atoms with Crippen LogP contribution in [0.5, 0.6) is 0 Å². The Labute approximate surface area is 117 Å². The number of rotatable bonds is 6. The molecule has 6 nitrogen and oxygen atoms in total. The number of non-ortho nitro benzene ring substituents is 1. The Morgan fingerprint density at radius 3 is 2.50 bits per heavy atom. The highest BCUT2D eigenvalue weighted by atomic mass is 16.6. The van der Waals surface area contributed by atoms with Gasteiger partial charge in [0.1, 0.15) is 0 Å². The Hall–Kier alpha value is -1.95. The molecular formula is C14H19N3O3. The van der Waals surface area contributed by atoms with Crippen molar-refractivity contribution in [1.29, 1.82) is 0 Å². The molecule has 1 aliphatic carbocycles. The number of benzene rings is 1. The highest BCUT2D eigenvalue weighted by Crippen LogP contribution is 2.38. The molecule has 1 aliphatic rings. The lowest BCUT2D eigenvalue weighted by Gasteiger charge is -2.29. The van der Waals surface area contributed by atoms with Crippen LogP contribution in [-0.4, -0.2) is 22.9 Å². The normalized spacial score (nSPS) is 17.3. The van der Waals surface area contributed by atoms with Gasteiger partial charge in [0.05, 0.1) is 16.9 Å². The average molecular weight is 277 g/mol. The third kappa shape index (κ3) is 3.33. The minimum Gasteiger partial charge on any atom is -0.349 e. The van der Waals surface area contributed by atoms with Crippen molar-refractivity contribution < 1.29 is 9.72 Å². The summed E-state index contributed by atoms with van der Waals surface area (Å²) in [6, 6.07) is 6.03. The Balaban J connectivity index is 1.95. The second-order valence-corrected chi connectivity index (χ2v) is 5.54. The number of carbonyl (C=O) groups excluding carboxylic acids is 1. The molecule has 0 spiro atoms. The third-order valence-corrected chi connectivity index (χ3v) is 3.84. The molecule has 1 amide bonds. The van der Waals surface area contributed by atoms with E-state index in [-0.39, 0.29) is 23.6 Å². The van der Waals surface area contributed by atoms with Crippen molar-refractivity contribution in [3.63, 3.8) is 0 Å². The molecule has 0 bridgehead atoms. The van der Waals surface area contributed by atoms with Crippen molar-refractivity contribution >= 4 is 11.6 Å². The lowest BCUT2D eigenvalue weighted by molar-refractivity contribution is -0.384. The highest BCUT2D eigenvalue weighted by Gasteiger charge is 2.41. The first-order chi connectivity index (χ1) is 9.44. The zero-order valence-corrected chi connectivity index (χ0v) is 11.5. The largest absolute Gasteiger partial charge is 0.349 e. The van der Waals surface area contributed by atoms with Crippen LogP contribution in [0.4, 0.5) is 5.69 Å². The molecule has 1 fully saturated rings. The van der Waals surface area contributed by atoms with Crippen molar-refractivity contribution in [2.75, 3.05) is 6.54 Å². The predicted molar refractivity (Wildman–Crippen MR) is 75.1 cm³/mol. The highest BCUT2D eigenvalue weighted by molar-refractivity contribution is 5.79. The van der Waals surface area contributed by atoms with Gasteiger partial charge in [0.15, 0.2) is 0 Å². The van der Waals surface area contributed by atoms with Gasteiger partial charge in [-0.2, -0.15) is 0 Å². The second-order valence-electron chi connectivity index (χ2n) is 5.54. The van der Waals surface area contributed by atoms with Gasteiger partial charge in [-0.15, -0.1) is 0 Å². The Morgan fingerprint density at radius 2 is 2.05 bits per heavy atom. The summed E-state index contributed by atoms with van der Waals surface area (Å²) in [5.74, 6) is 0.368. The fourth-order valence-electron chi connectivity index (χ4n) is 2.32. The summed E-state index contributed by atoms with van der Waals surface area (Å²) in [5.41, 5.74) is 6.20. The SMILES string of the molecule is CC(CN)(NC(=O)Cc1ccc([N+](=O)[O-])cc1)C1CC1. The molecule has 0 radical (unpaired) electrons. The zero-order valence-electron chi connectivity index (χ0n) is 11.5. The molecule has 2 rings (SSSR count). The first kappa shape index (κ1) is 14.5. The molecule has 1 atom stereocenters. The van der Waals surface area contributed by atoms with E-state index in [1.165, 1.54) is 12.1 Å². The van der Waals surface area contributed by atoms with E-state index in [1.807, 2.05) is 6.92 Å². The van der Waals surface area contributed by atoms with Gasteiger partial charge in [0.2, 0.25) is 5.91 Å². The summed E-state index contributed by atoms with van der Waals surface area (Å²) >= 11 is 0. The Morgan fingerprint density at radius 1 is 1.45 bits per heavy atom. The molecule has 0 aliphatic heterocycles. The molecule has 6 heteroatoms.